The molecule has 108 valence electrons. The van der Waals surface area contributed by atoms with Gasteiger partial charge in [0.1, 0.15) is 0 Å². The normalized spacial score (nSPS) is 16.0. The number of nitrogens with one attached hydrogen (secondary N) is 1. The Balaban J connectivity index is 2.29. The molecule has 1 fully saturated rings. The summed E-state index contributed by atoms with van der Waals surface area (Å²) in [5.74, 6) is -1.68. The Labute approximate surface area is 112 Å². The third-order valence-corrected chi connectivity index (χ3v) is 3.17. The lowest BCUT2D eigenvalue weighted by atomic mass is 10.2. The van der Waals surface area contributed by atoms with Crippen molar-refractivity contribution in [2.75, 3.05) is 33.2 Å². The number of carboxylic acid groups (broad SMARTS) is 1. The van der Waals surface area contributed by atoms with E-state index in [9.17, 15) is 14.4 Å². The second-order valence-corrected chi connectivity index (χ2v) is 4.87. The highest BCUT2D eigenvalue weighted by Crippen LogP contribution is 2.06. The van der Waals surface area contributed by atoms with Crippen LogP contribution in [-0.2, 0) is 9.59 Å². The number of carbonyl (C=O) groups excluding carboxylic acids is 2. The number of hydrogen-bond donors (Lipinski definition) is 2. The van der Waals surface area contributed by atoms with Gasteiger partial charge in [0.2, 0.25) is 5.91 Å². The number of carboxylic acids is 1. The fourth-order valence-corrected chi connectivity index (χ4v) is 1.94. The molecule has 3 amide bonds. The van der Waals surface area contributed by atoms with E-state index in [1.807, 2.05) is 0 Å². The smallest absolute Gasteiger partial charge is 0.317 e. The summed E-state index contributed by atoms with van der Waals surface area (Å²) in [5, 5.41) is 11.3. The molecule has 1 rings (SSSR count). The van der Waals surface area contributed by atoms with Gasteiger partial charge in [0.15, 0.2) is 0 Å². The molecule has 0 aromatic carbocycles. The van der Waals surface area contributed by atoms with Crippen molar-refractivity contribution < 1.29 is 19.5 Å². The second kappa shape index (κ2) is 6.96. The van der Waals surface area contributed by atoms with Gasteiger partial charge in [0.25, 0.3) is 0 Å². The van der Waals surface area contributed by atoms with Crippen molar-refractivity contribution in [2.45, 2.75) is 19.8 Å². The van der Waals surface area contributed by atoms with E-state index in [0.29, 0.717) is 0 Å². The quantitative estimate of drug-likeness (QED) is 0.735. The minimum absolute atomic E-state index is 0.0371. The summed E-state index contributed by atoms with van der Waals surface area (Å²) < 4.78 is 0. The lowest BCUT2D eigenvalue weighted by Crippen LogP contribution is -2.45. The van der Waals surface area contributed by atoms with E-state index in [-0.39, 0.29) is 19.0 Å². The van der Waals surface area contributed by atoms with Crippen LogP contribution >= 0.6 is 0 Å². The van der Waals surface area contributed by atoms with Crippen LogP contribution in [0.25, 0.3) is 0 Å². The maximum absolute atomic E-state index is 11.7. The van der Waals surface area contributed by atoms with Gasteiger partial charge in [-0.1, -0.05) is 6.92 Å². The van der Waals surface area contributed by atoms with E-state index >= 15 is 0 Å². The van der Waals surface area contributed by atoms with Gasteiger partial charge in [-0.25, -0.2) is 4.79 Å². The number of rotatable bonds is 5. The number of carbonyl (C=O) groups is 3. The van der Waals surface area contributed by atoms with E-state index in [1.165, 1.54) is 18.9 Å². The first-order valence-corrected chi connectivity index (χ1v) is 6.41. The van der Waals surface area contributed by atoms with Crippen LogP contribution in [0.2, 0.25) is 0 Å². The van der Waals surface area contributed by atoms with E-state index in [0.717, 1.165) is 25.9 Å². The highest BCUT2D eigenvalue weighted by atomic mass is 16.4. The zero-order valence-electron chi connectivity index (χ0n) is 11.4. The molecule has 2 N–H and O–H groups in total. The van der Waals surface area contributed by atoms with E-state index < -0.39 is 17.9 Å². The van der Waals surface area contributed by atoms with Gasteiger partial charge in [-0.05, 0) is 12.8 Å². The van der Waals surface area contributed by atoms with Gasteiger partial charge < -0.3 is 20.2 Å². The average Bonchev–Trinajstić information content (AvgIpc) is 2.88. The largest absolute Gasteiger partial charge is 0.481 e. The van der Waals surface area contributed by atoms with Crippen molar-refractivity contribution >= 4 is 17.9 Å². The monoisotopic (exact) mass is 271 g/mol. The maximum atomic E-state index is 11.7. The molecule has 7 nitrogen and oxygen atoms in total. The molecule has 1 aliphatic heterocycles. The summed E-state index contributed by atoms with van der Waals surface area (Å²) >= 11 is 0. The highest BCUT2D eigenvalue weighted by Gasteiger charge is 2.20. The molecule has 0 bridgehead atoms. The van der Waals surface area contributed by atoms with Crippen molar-refractivity contribution in [3.63, 3.8) is 0 Å². The molecular weight excluding hydrogens is 250 g/mol. The molecule has 1 unspecified atom stereocenters. The topological polar surface area (TPSA) is 90.0 Å². The van der Waals surface area contributed by atoms with Gasteiger partial charge in [0, 0.05) is 26.7 Å². The molecule has 1 saturated heterocycles. The molecule has 0 aromatic heterocycles. The zero-order valence-corrected chi connectivity index (χ0v) is 11.4. The molecule has 19 heavy (non-hydrogen) atoms. The standard InChI is InChI=1S/C12H21N3O4/c1-9(11(17)18)8-14(2)12(19)13-7-10(16)15-5-3-4-6-15/h9H,3-8H2,1-2H3,(H,13,19)(H,17,18). The third-order valence-electron chi connectivity index (χ3n) is 3.17. The van der Waals surface area contributed by atoms with Crippen molar-refractivity contribution in [1.29, 1.82) is 0 Å². The molecular formula is C12H21N3O4. The van der Waals surface area contributed by atoms with Crippen molar-refractivity contribution in [3.8, 4) is 0 Å². The van der Waals surface area contributed by atoms with Crippen LogP contribution in [-0.4, -0.2) is 66.0 Å². The van der Waals surface area contributed by atoms with E-state index in [2.05, 4.69) is 5.32 Å². The fourth-order valence-electron chi connectivity index (χ4n) is 1.94. The average molecular weight is 271 g/mol. The Morgan fingerprint density at radius 1 is 1.32 bits per heavy atom. The Kier molecular flexibility index (Phi) is 5.59. The van der Waals surface area contributed by atoms with Crippen LogP contribution in [0.4, 0.5) is 4.79 Å². The minimum atomic E-state index is -0.951. The van der Waals surface area contributed by atoms with Crippen LogP contribution in [0, 0.1) is 5.92 Å². The summed E-state index contributed by atoms with van der Waals surface area (Å²) in [6.07, 6.45) is 2.02. The Morgan fingerprint density at radius 3 is 2.42 bits per heavy atom. The van der Waals surface area contributed by atoms with Gasteiger partial charge in [0.05, 0.1) is 12.5 Å². The predicted octanol–water partition coefficient (Wildman–Crippen LogP) is -0.0291. The molecule has 0 spiro atoms. The third kappa shape index (κ3) is 4.76. The first kappa shape index (κ1) is 15.3. The van der Waals surface area contributed by atoms with E-state index in [4.69, 9.17) is 5.11 Å². The maximum Gasteiger partial charge on any atom is 0.317 e. The van der Waals surface area contributed by atoms with Crippen LogP contribution < -0.4 is 5.32 Å². The lowest BCUT2D eigenvalue weighted by molar-refractivity contribution is -0.141. The summed E-state index contributed by atoms with van der Waals surface area (Å²) in [4.78, 5) is 37.0. The molecule has 7 heteroatoms. The summed E-state index contributed by atoms with van der Waals surface area (Å²) in [5.41, 5.74) is 0. The Morgan fingerprint density at radius 2 is 1.89 bits per heavy atom. The van der Waals surface area contributed by atoms with Crippen molar-refractivity contribution in [1.82, 2.24) is 15.1 Å². The Hall–Kier alpha value is -1.79. The number of nitrogens with zero attached hydrogens (tertiary/aromatic N) is 2. The summed E-state index contributed by atoms with van der Waals surface area (Å²) in [6, 6.07) is -0.430. The highest BCUT2D eigenvalue weighted by molar-refractivity contribution is 5.84. The van der Waals surface area contributed by atoms with Gasteiger partial charge in [-0.15, -0.1) is 0 Å². The molecule has 1 atom stereocenters. The van der Waals surface area contributed by atoms with E-state index in [1.54, 1.807) is 4.90 Å². The fraction of sp³-hybridized carbons (Fsp3) is 0.750. The van der Waals surface area contributed by atoms with Gasteiger partial charge in [-0.2, -0.15) is 0 Å². The van der Waals surface area contributed by atoms with Gasteiger partial charge >= 0.3 is 12.0 Å². The lowest BCUT2D eigenvalue weighted by Gasteiger charge is -2.21. The number of amides is 3. The first-order chi connectivity index (χ1) is 8.91. The number of urea groups is 1. The zero-order chi connectivity index (χ0) is 14.4. The summed E-state index contributed by atoms with van der Waals surface area (Å²) in [6.45, 7) is 3.10. The Bertz CT molecular complexity index is 353. The minimum Gasteiger partial charge on any atom is -0.481 e. The molecule has 1 heterocycles. The van der Waals surface area contributed by atoms with Crippen LogP contribution in [0.5, 0.6) is 0 Å². The predicted molar refractivity (Wildman–Crippen MR) is 68.6 cm³/mol. The van der Waals surface area contributed by atoms with Crippen molar-refractivity contribution in [2.24, 2.45) is 5.92 Å². The molecule has 1 aliphatic rings. The van der Waals surface area contributed by atoms with Crippen LogP contribution in [0.1, 0.15) is 19.8 Å². The van der Waals surface area contributed by atoms with Crippen LogP contribution in [0.3, 0.4) is 0 Å². The van der Waals surface area contributed by atoms with Gasteiger partial charge in [-0.3, -0.25) is 9.59 Å². The number of likely N-dealkylation sites (tertiary alicyclic amines) is 1. The summed E-state index contributed by atoms with van der Waals surface area (Å²) in [7, 11) is 1.51. The molecule has 0 aromatic rings. The SMILES string of the molecule is CC(CN(C)C(=O)NCC(=O)N1CCCC1)C(=O)O. The van der Waals surface area contributed by atoms with Crippen LogP contribution in [0.15, 0.2) is 0 Å². The number of aliphatic carboxylic acids is 1. The number of hydrogen-bond acceptors (Lipinski definition) is 3. The molecule has 0 saturated carbocycles. The molecule has 0 aliphatic carbocycles. The van der Waals surface area contributed by atoms with Crippen molar-refractivity contribution in [3.05, 3.63) is 0 Å². The second-order valence-electron chi connectivity index (χ2n) is 4.87. The molecule has 0 radical (unpaired) electrons. The first-order valence-electron chi connectivity index (χ1n) is 6.41.